The number of nitrogens with zero attached hydrogens (tertiary/aromatic N) is 2. The van der Waals surface area contributed by atoms with Crippen molar-refractivity contribution in [2.45, 2.75) is 33.9 Å². The summed E-state index contributed by atoms with van der Waals surface area (Å²) in [5.41, 5.74) is 1.11. The Hall–Kier alpha value is -1.00. The van der Waals surface area contributed by atoms with Gasteiger partial charge in [-0.2, -0.15) is 0 Å². The molecule has 1 rings (SSSR count). The van der Waals surface area contributed by atoms with Crippen molar-refractivity contribution in [3.63, 3.8) is 0 Å². The molecule has 1 aromatic heterocycles. The number of rotatable bonds is 7. The highest BCUT2D eigenvalue weighted by Crippen LogP contribution is 1.98. The van der Waals surface area contributed by atoms with Gasteiger partial charge in [-0.1, -0.05) is 13.8 Å². The molecule has 0 radical (unpaired) electrons. The predicted molar refractivity (Wildman–Crippen MR) is 63.9 cm³/mol. The average Bonchev–Trinajstić information content (AvgIpc) is 2.27. The van der Waals surface area contributed by atoms with E-state index in [1.165, 1.54) is 0 Å². The Labute approximate surface area is 97.5 Å². The second kappa shape index (κ2) is 7.30. The summed E-state index contributed by atoms with van der Waals surface area (Å²) >= 11 is 0. The summed E-state index contributed by atoms with van der Waals surface area (Å²) < 4.78 is 5.23. The Morgan fingerprint density at radius 2 is 2.00 bits per heavy atom. The fourth-order valence-corrected chi connectivity index (χ4v) is 1.25. The van der Waals surface area contributed by atoms with Crippen LogP contribution in [0.5, 0.6) is 0 Å². The lowest BCUT2D eigenvalue weighted by Gasteiger charge is -2.07. The van der Waals surface area contributed by atoms with E-state index in [-0.39, 0.29) is 0 Å². The van der Waals surface area contributed by atoms with E-state index in [1.54, 1.807) is 0 Å². The molecule has 0 aliphatic heterocycles. The van der Waals surface area contributed by atoms with Gasteiger partial charge in [0.25, 0.3) is 0 Å². The zero-order valence-corrected chi connectivity index (χ0v) is 10.4. The smallest absolute Gasteiger partial charge is 0.153 e. The van der Waals surface area contributed by atoms with E-state index in [2.05, 4.69) is 29.1 Å². The highest BCUT2D eigenvalue weighted by molar-refractivity contribution is 5.04. The van der Waals surface area contributed by atoms with E-state index in [0.29, 0.717) is 19.1 Å². The van der Waals surface area contributed by atoms with Crippen molar-refractivity contribution < 1.29 is 4.74 Å². The lowest BCUT2D eigenvalue weighted by atomic mass is 10.2. The third-order valence-corrected chi connectivity index (χ3v) is 2.08. The minimum Gasteiger partial charge on any atom is -0.374 e. The van der Waals surface area contributed by atoms with Gasteiger partial charge in [0.1, 0.15) is 6.61 Å². The lowest BCUT2D eigenvalue weighted by molar-refractivity contribution is 0.128. The van der Waals surface area contributed by atoms with Gasteiger partial charge in [-0.25, -0.2) is 9.97 Å². The van der Waals surface area contributed by atoms with Crippen LogP contribution in [-0.4, -0.2) is 23.1 Å². The Morgan fingerprint density at radius 3 is 2.56 bits per heavy atom. The first kappa shape index (κ1) is 13.1. The number of hydrogen-bond acceptors (Lipinski definition) is 4. The standard InChI is InChI=1S/C12H21N3O/c1-4-16-9-12-14-7-11(8-15-12)6-13-5-10(2)3/h7-8,10,13H,4-6,9H2,1-3H3. The van der Waals surface area contributed by atoms with Crippen molar-refractivity contribution in [3.8, 4) is 0 Å². The molecule has 16 heavy (non-hydrogen) atoms. The molecule has 1 aromatic rings. The summed E-state index contributed by atoms with van der Waals surface area (Å²) in [6, 6.07) is 0. The average molecular weight is 223 g/mol. The van der Waals surface area contributed by atoms with Gasteiger partial charge in [-0.15, -0.1) is 0 Å². The number of hydrogen-bond donors (Lipinski definition) is 1. The first-order valence-electron chi connectivity index (χ1n) is 5.80. The normalized spacial score (nSPS) is 11.0. The molecule has 1 N–H and O–H groups in total. The topological polar surface area (TPSA) is 47.0 Å². The van der Waals surface area contributed by atoms with Gasteiger partial charge >= 0.3 is 0 Å². The third kappa shape index (κ3) is 5.19. The first-order valence-corrected chi connectivity index (χ1v) is 5.80. The monoisotopic (exact) mass is 223 g/mol. The van der Waals surface area contributed by atoms with Gasteiger partial charge < -0.3 is 10.1 Å². The highest BCUT2D eigenvalue weighted by Gasteiger charge is 1.98. The summed E-state index contributed by atoms with van der Waals surface area (Å²) in [4.78, 5) is 8.48. The van der Waals surface area contributed by atoms with Crippen LogP contribution in [0.1, 0.15) is 32.2 Å². The van der Waals surface area contributed by atoms with Gasteiger partial charge in [0, 0.05) is 31.1 Å². The molecule has 0 bridgehead atoms. The van der Waals surface area contributed by atoms with Crippen molar-refractivity contribution in [1.29, 1.82) is 0 Å². The van der Waals surface area contributed by atoms with Gasteiger partial charge in [0.2, 0.25) is 0 Å². The van der Waals surface area contributed by atoms with Gasteiger partial charge in [-0.3, -0.25) is 0 Å². The zero-order valence-electron chi connectivity index (χ0n) is 10.4. The summed E-state index contributed by atoms with van der Waals surface area (Å²) in [6.07, 6.45) is 3.71. The van der Waals surface area contributed by atoms with E-state index >= 15 is 0 Å². The van der Waals surface area contributed by atoms with Crippen LogP contribution in [0.15, 0.2) is 12.4 Å². The van der Waals surface area contributed by atoms with Crippen molar-refractivity contribution in [1.82, 2.24) is 15.3 Å². The number of ether oxygens (including phenoxy) is 1. The van der Waals surface area contributed by atoms with Gasteiger partial charge in [0.15, 0.2) is 5.82 Å². The van der Waals surface area contributed by atoms with Gasteiger partial charge in [-0.05, 0) is 19.4 Å². The Kier molecular flexibility index (Phi) is 5.96. The molecule has 90 valence electrons. The minimum atomic E-state index is 0.496. The molecule has 0 aliphatic carbocycles. The van der Waals surface area contributed by atoms with Crippen LogP contribution in [0.25, 0.3) is 0 Å². The molecule has 0 aromatic carbocycles. The SMILES string of the molecule is CCOCc1ncc(CNCC(C)C)cn1. The summed E-state index contributed by atoms with van der Waals surface area (Å²) in [5.74, 6) is 1.41. The van der Waals surface area contributed by atoms with Crippen molar-refractivity contribution in [2.24, 2.45) is 5.92 Å². The summed E-state index contributed by atoms with van der Waals surface area (Å²) in [7, 11) is 0. The summed E-state index contributed by atoms with van der Waals surface area (Å²) in [5, 5.41) is 3.35. The molecule has 0 unspecified atom stereocenters. The number of nitrogens with one attached hydrogen (secondary N) is 1. The zero-order chi connectivity index (χ0) is 11.8. The van der Waals surface area contributed by atoms with Crippen LogP contribution in [0, 0.1) is 5.92 Å². The maximum atomic E-state index is 5.23. The second-order valence-corrected chi connectivity index (χ2v) is 4.17. The van der Waals surface area contributed by atoms with Crippen LogP contribution in [0.4, 0.5) is 0 Å². The van der Waals surface area contributed by atoms with Crippen LogP contribution < -0.4 is 5.32 Å². The van der Waals surface area contributed by atoms with Gasteiger partial charge in [0.05, 0.1) is 0 Å². The first-order chi connectivity index (χ1) is 7.72. The maximum absolute atomic E-state index is 5.23. The molecule has 0 aliphatic rings. The molecule has 4 nitrogen and oxygen atoms in total. The molecule has 0 amide bonds. The molecule has 1 heterocycles. The van der Waals surface area contributed by atoms with Crippen molar-refractivity contribution in [2.75, 3.05) is 13.2 Å². The molecular formula is C12H21N3O. The van der Waals surface area contributed by atoms with E-state index in [0.717, 1.165) is 24.5 Å². The molecule has 0 spiro atoms. The predicted octanol–water partition coefficient (Wildman–Crippen LogP) is 1.76. The van der Waals surface area contributed by atoms with Crippen molar-refractivity contribution in [3.05, 3.63) is 23.8 Å². The highest BCUT2D eigenvalue weighted by atomic mass is 16.5. The van der Waals surface area contributed by atoms with Crippen LogP contribution in [0.2, 0.25) is 0 Å². The fraction of sp³-hybridized carbons (Fsp3) is 0.667. The molecular weight excluding hydrogens is 202 g/mol. The molecule has 0 atom stereocenters. The summed E-state index contributed by atoms with van der Waals surface area (Å²) in [6.45, 7) is 9.37. The quantitative estimate of drug-likeness (QED) is 0.765. The maximum Gasteiger partial charge on any atom is 0.153 e. The van der Waals surface area contributed by atoms with Crippen LogP contribution in [0.3, 0.4) is 0 Å². The van der Waals surface area contributed by atoms with Crippen LogP contribution in [-0.2, 0) is 17.9 Å². The van der Waals surface area contributed by atoms with Crippen LogP contribution >= 0.6 is 0 Å². The Balaban J connectivity index is 2.33. The molecule has 0 fully saturated rings. The second-order valence-electron chi connectivity index (χ2n) is 4.17. The Morgan fingerprint density at radius 1 is 1.31 bits per heavy atom. The minimum absolute atomic E-state index is 0.496. The molecule has 0 saturated heterocycles. The lowest BCUT2D eigenvalue weighted by Crippen LogP contribution is -2.19. The third-order valence-electron chi connectivity index (χ3n) is 2.08. The van der Waals surface area contributed by atoms with E-state index in [4.69, 9.17) is 4.74 Å². The number of aromatic nitrogens is 2. The van der Waals surface area contributed by atoms with E-state index in [9.17, 15) is 0 Å². The Bertz CT molecular complexity index is 285. The molecule has 4 heteroatoms. The van der Waals surface area contributed by atoms with E-state index in [1.807, 2.05) is 19.3 Å². The largest absolute Gasteiger partial charge is 0.374 e. The molecule has 0 saturated carbocycles. The fourth-order valence-electron chi connectivity index (χ4n) is 1.25. The van der Waals surface area contributed by atoms with E-state index < -0.39 is 0 Å². The van der Waals surface area contributed by atoms with Crippen molar-refractivity contribution >= 4 is 0 Å².